The third-order valence-corrected chi connectivity index (χ3v) is 3.50. The number of carbonyl (C=O) groups is 1. The summed E-state index contributed by atoms with van der Waals surface area (Å²) >= 11 is 5.86. The summed E-state index contributed by atoms with van der Waals surface area (Å²) in [6.07, 6.45) is 2.90. The van der Waals surface area contributed by atoms with Crippen LogP contribution < -0.4 is 15.7 Å². The molecule has 1 N–H and O–H groups in total. The number of aromatic nitrogens is 1. The van der Waals surface area contributed by atoms with E-state index in [-0.39, 0.29) is 17.3 Å². The van der Waals surface area contributed by atoms with Crippen LogP contribution in [-0.2, 0) is 0 Å². The average molecular weight is 359 g/mol. The molecule has 2 aromatic heterocycles. The normalized spacial score (nSPS) is 10.9. The van der Waals surface area contributed by atoms with Crippen LogP contribution in [-0.4, -0.2) is 17.0 Å². The topological polar surface area (TPSA) is 81.4 Å². The molecular formula is C18H15ClN2O4. The van der Waals surface area contributed by atoms with Crippen LogP contribution >= 0.6 is 11.6 Å². The first-order valence-corrected chi connectivity index (χ1v) is 7.96. The van der Waals surface area contributed by atoms with Crippen molar-refractivity contribution >= 4 is 34.2 Å². The van der Waals surface area contributed by atoms with Gasteiger partial charge >= 0.3 is 5.63 Å². The number of benzene rings is 1. The Morgan fingerprint density at radius 3 is 2.76 bits per heavy atom. The molecule has 1 amide bonds. The van der Waals surface area contributed by atoms with Gasteiger partial charge in [-0.05, 0) is 32.0 Å². The fourth-order valence-electron chi connectivity index (χ4n) is 2.36. The Morgan fingerprint density at radius 1 is 1.24 bits per heavy atom. The van der Waals surface area contributed by atoms with E-state index in [0.29, 0.717) is 21.8 Å². The maximum atomic E-state index is 12.6. The highest BCUT2D eigenvalue weighted by Gasteiger charge is 2.15. The van der Waals surface area contributed by atoms with Gasteiger partial charge in [0.05, 0.1) is 28.6 Å². The van der Waals surface area contributed by atoms with Gasteiger partial charge in [-0.1, -0.05) is 11.6 Å². The van der Waals surface area contributed by atoms with Crippen LogP contribution in [0.1, 0.15) is 24.2 Å². The molecule has 0 saturated carbocycles. The highest BCUT2D eigenvalue weighted by Crippen LogP contribution is 2.24. The number of pyridine rings is 1. The summed E-state index contributed by atoms with van der Waals surface area (Å²) in [5, 5.41) is 3.56. The van der Waals surface area contributed by atoms with Crippen molar-refractivity contribution in [2.24, 2.45) is 0 Å². The largest absolute Gasteiger partial charge is 0.491 e. The first kappa shape index (κ1) is 17.0. The standard InChI is InChI=1S/C18H15ClN2O4/c1-10(2)24-13-3-4-14-15(7-17(22)25-16(14)6-13)18(23)21-12-5-11(19)8-20-9-12/h3-10H,1-2H3,(H,21,23). The van der Waals surface area contributed by atoms with Crippen LogP contribution in [0.4, 0.5) is 5.69 Å². The van der Waals surface area contributed by atoms with E-state index in [2.05, 4.69) is 10.3 Å². The van der Waals surface area contributed by atoms with Gasteiger partial charge < -0.3 is 14.5 Å². The SMILES string of the molecule is CC(C)Oc1ccc2c(C(=O)Nc3cncc(Cl)c3)cc(=O)oc2c1. The van der Waals surface area contributed by atoms with E-state index < -0.39 is 11.5 Å². The number of hydrogen-bond acceptors (Lipinski definition) is 5. The maximum absolute atomic E-state index is 12.6. The van der Waals surface area contributed by atoms with Crippen molar-refractivity contribution in [2.45, 2.75) is 20.0 Å². The molecular weight excluding hydrogens is 344 g/mol. The fraction of sp³-hybridized carbons (Fsp3) is 0.167. The van der Waals surface area contributed by atoms with Crippen LogP contribution in [0.15, 0.2) is 51.9 Å². The number of amides is 1. The Morgan fingerprint density at radius 2 is 2.04 bits per heavy atom. The lowest BCUT2D eigenvalue weighted by Crippen LogP contribution is -2.15. The summed E-state index contributed by atoms with van der Waals surface area (Å²) < 4.78 is 10.8. The molecule has 0 radical (unpaired) electrons. The quantitative estimate of drug-likeness (QED) is 0.716. The molecule has 0 aliphatic carbocycles. The van der Waals surface area contributed by atoms with E-state index in [1.165, 1.54) is 12.4 Å². The summed E-state index contributed by atoms with van der Waals surface area (Å²) in [5.74, 6) is 0.0988. The van der Waals surface area contributed by atoms with Crippen LogP contribution in [0.5, 0.6) is 5.75 Å². The number of anilines is 1. The average Bonchev–Trinajstić information content (AvgIpc) is 2.53. The number of nitrogens with one attached hydrogen (secondary N) is 1. The monoisotopic (exact) mass is 358 g/mol. The molecule has 0 atom stereocenters. The molecule has 6 nitrogen and oxygen atoms in total. The minimum atomic E-state index is -0.622. The van der Waals surface area contributed by atoms with Gasteiger partial charge in [-0.2, -0.15) is 0 Å². The van der Waals surface area contributed by atoms with Gasteiger partial charge in [-0.25, -0.2) is 4.79 Å². The number of nitrogens with zero attached hydrogens (tertiary/aromatic N) is 1. The molecule has 25 heavy (non-hydrogen) atoms. The van der Waals surface area contributed by atoms with Crippen LogP contribution in [0.2, 0.25) is 5.02 Å². The molecule has 7 heteroatoms. The molecule has 3 rings (SSSR count). The molecule has 128 valence electrons. The minimum absolute atomic E-state index is 0.0222. The Bertz CT molecular complexity index is 998. The van der Waals surface area contributed by atoms with Gasteiger partial charge in [0, 0.05) is 23.7 Å². The second-order valence-corrected chi connectivity index (χ2v) is 6.09. The molecule has 0 aliphatic heterocycles. The van der Waals surface area contributed by atoms with Crippen molar-refractivity contribution in [1.29, 1.82) is 0 Å². The third-order valence-electron chi connectivity index (χ3n) is 3.30. The molecule has 0 spiro atoms. The molecule has 3 aromatic rings. The number of carbonyl (C=O) groups excluding carboxylic acids is 1. The number of rotatable bonds is 4. The van der Waals surface area contributed by atoms with Gasteiger partial charge in [0.25, 0.3) is 5.91 Å². The van der Waals surface area contributed by atoms with Crippen molar-refractivity contribution in [3.8, 4) is 5.75 Å². The van der Waals surface area contributed by atoms with Crippen LogP contribution in [0.3, 0.4) is 0 Å². The molecule has 0 fully saturated rings. The lowest BCUT2D eigenvalue weighted by atomic mass is 10.1. The third kappa shape index (κ3) is 3.97. The Labute approximate surface area is 148 Å². The summed E-state index contributed by atoms with van der Waals surface area (Å²) in [7, 11) is 0. The predicted molar refractivity (Wildman–Crippen MR) is 95.4 cm³/mol. The van der Waals surface area contributed by atoms with Crippen LogP contribution in [0, 0.1) is 0 Å². The van der Waals surface area contributed by atoms with E-state index in [1.807, 2.05) is 13.8 Å². The molecule has 0 bridgehead atoms. The van der Waals surface area contributed by atoms with E-state index in [0.717, 1.165) is 6.07 Å². The molecule has 1 aromatic carbocycles. The lowest BCUT2D eigenvalue weighted by molar-refractivity contribution is 0.102. The van der Waals surface area contributed by atoms with Gasteiger partial charge in [-0.3, -0.25) is 9.78 Å². The minimum Gasteiger partial charge on any atom is -0.491 e. The van der Waals surface area contributed by atoms with Crippen molar-refractivity contribution in [1.82, 2.24) is 4.98 Å². The van der Waals surface area contributed by atoms with E-state index in [4.69, 9.17) is 20.8 Å². The highest BCUT2D eigenvalue weighted by molar-refractivity contribution is 6.30. The van der Waals surface area contributed by atoms with Crippen LogP contribution in [0.25, 0.3) is 11.0 Å². The second kappa shape index (κ2) is 6.94. The van der Waals surface area contributed by atoms with Crippen molar-refractivity contribution in [2.75, 3.05) is 5.32 Å². The Kier molecular flexibility index (Phi) is 4.72. The number of halogens is 1. The van der Waals surface area contributed by atoms with Gasteiger partial charge in [0.2, 0.25) is 0 Å². The number of ether oxygens (including phenoxy) is 1. The zero-order valence-corrected chi connectivity index (χ0v) is 14.3. The first-order chi connectivity index (χ1) is 11.9. The number of hydrogen-bond donors (Lipinski definition) is 1. The molecule has 0 unspecified atom stereocenters. The highest BCUT2D eigenvalue weighted by atomic mass is 35.5. The fourth-order valence-corrected chi connectivity index (χ4v) is 2.53. The van der Waals surface area contributed by atoms with Crippen molar-refractivity contribution < 1.29 is 13.9 Å². The van der Waals surface area contributed by atoms with Crippen molar-refractivity contribution in [3.63, 3.8) is 0 Å². The Hall–Kier alpha value is -2.86. The second-order valence-electron chi connectivity index (χ2n) is 5.65. The first-order valence-electron chi connectivity index (χ1n) is 7.59. The zero-order chi connectivity index (χ0) is 18.0. The van der Waals surface area contributed by atoms with E-state index in [1.54, 1.807) is 24.3 Å². The van der Waals surface area contributed by atoms with E-state index in [9.17, 15) is 9.59 Å². The van der Waals surface area contributed by atoms with Crippen molar-refractivity contribution in [3.05, 3.63) is 63.7 Å². The summed E-state index contributed by atoms with van der Waals surface area (Å²) in [6, 6.07) is 7.71. The number of fused-ring (bicyclic) bond motifs is 1. The summed E-state index contributed by atoms with van der Waals surface area (Å²) in [4.78, 5) is 28.3. The van der Waals surface area contributed by atoms with E-state index >= 15 is 0 Å². The maximum Gasteiger partial charge on any atom is 0.337 e. The van der Waals surface area contributed by atoms with Gasteiger partial charge in [0.1, 0.15) is 11.3 Å². The molecule has 0 aliphatic rings. The lowest BCUT2D eigenvalue weighted by Gasteiger charge is -2.11. The smallest absolute Gasteiger partial charge is 0.337 e. The Balaban J connectivity index is 2.00. The van der Waals surface area contributed by atoms with Gasteiger partial charge in [0.15, 0.2) is 0 Å². The molecule has 0 saturated heterocycles. The predicted octanol–water partition coefficient (Wildman–Crippen LogP) is 3.88. The zero-order valence-electron chi connectivity index (χ0n) is 13.6. The summed E-state index contributed by atoms with van der Waals surface area (Å²) in [5.41, 5.74) is 0.282. The molecule has 2 heterocycles. The van der Waals surface area contributed by atoms with Gasteiger partial charge in [-0.15, -0.1) is 0 Å². The summed E-state index contributed by atoms with van der Waals surface area (Å²) in [6.45, 7) is 3.78.